The van der Waals surface area contributed by atoms with E-state index >= 15 is 0 Å². The van der Waals surface area contributed by atoms with Gasteiger partial charge in [-0.2, -0.15) is 5.26 Å². The van der Waals surface area contributed by atoms with Crippen molar-refractivity contribution in [3.63, 3.8) is 0 Å². The molecule has 108 valence electrons. The van der Waals surface area contributed by atoms with Crippen molar-refractivity contribution >= 4 is 11.8 Å². The lowest BCUT2D eigenvalue weighted by atomic mass is 9.83. The van der Waals surface area contributed by atoms with Crippen LogP contribution in [0.25, 0.3) is 0 Å². The highest BCUT2D eigenvalue weighted by atomic mass is 32.2. The van der Waals surface area contributed by atoms with Crippen molar-refractivity contribution in [3.05, 3.63) is 29.8 Å². The molecule has 20 heavy (non-hydrogen) atoms. The van der Waals surface area contributed by atoms with E-state index in [4.69, 9.17) is 0 Å². The number of thioether (sulfide) groups is 1. The second kappa shape index (κ2) is 6.65. The third-order valence-corrected chi connectivity index (χ3v) is 5.53. The minimum Gasteiger partial charge on any atom is -0.302 e. The lowest BCUT2D eigenvalue weighted by Gasteiger charge is -2.35. The molecule has 0 spiro atoms. The van der Waals surface area contributed by atoms with E-state index in [1.165, 1.54) is 16.9 Å². The molecule has 1 saturated carbocycles. The quantitative estimate of drug-likeness (QED) is 0.896. The van der Waals surface area contributed by atoms with Gasteiger partial charge in [0, 0.05) is 10.1 Å². The first-order chi connectivity index (χ1) is 9.58. The zero-order valence-electron chi connectivity index (χ0n) is 12.6. The monoisotopic (exact) mass is 288 g/mol. The Morgan fingerprint density at radius 1 is 1.35 bits per heavy atom. The second-order valence-electron chi connectivity index (χ2n) is 6.00. The highest BCUT2D eigenvalue weighted by molar-refractivity contribution is 8.00. The van der Waals surface area contributed by atoms with E-state index in [0.717, 1.165) is 19.3 Å². The van der Waals surface area contributed by atoms with Crippen molar-refractivity contribution < 1.29 is 0 Å². The molecule has 2 atom stereocenters. The lowest BCUT2D eigenvalue weighted by Crippen LogP contribution is -2.46. The van der Waals surface area contributed by atoms with Crippen molar-refractivity contribution in [1.29, 1.82) is 5.26 Å². The summed E-state index contributed by atoms with van der Waals surface area (Å²) < 4.78 is 0. The lowest BCUT2D eigenvalue weighted by molar-refractivity contribution is 0.323. The molecular formula is C17H24N2S. The van der Waals surface area contributed by atoms with Gasteiger partial charge in [-0.15, -0.1) is 11.8 Å². The fraction of sp³-hybridized carbons (Fsp3) is 0.588. The first-order valence-corrected chi connectivity index (χ1v) is 8.33. The number of hydrogen-bond donors (Lipinski definition) is 1. The van der Waals surface area contributed by atoms with Crippen LogP contribution < -0.4 is 5.32 Å². The molecule has 1 fully saturated rings. The summed E-state index contributed by atoms with van der Waals surface area (Å²) >= 11 is 1.93. The molecule has 1 aromatic rings. The minimum absolute atomic E-state index is 0.312. The van der Waals surface area contributed by atoms with Crippen LogP contribution in [0.4, 0.5) is 0 Å². The molecule has 3 heteroatoms. The maximum absolute atomic E-state index is 9.40. The molecule has 2 unspecified atom stereocenters. The zero-order chi connectivity index (χ0) is 14.6. The van der Waals surface area contributed by atoms with E-state index in [1.807, 2.05) is 18.8 Å². The fourth-order valence-electron chi connectivity index (χ4n) is 2.83. The van der Waals surface area contributed by atoms with E-state index in [2.05, 4.69) is 49.5 Å². The molecule has 0 bridgehead atoms. The summed E-state index contributed by atoms with van der Waals surface area (Å²) in [5.41, 5.74) is 1.08. The first-order valence-electron chi connectivity index (χ1n) is 7.45. The summed E-state index contributed by atoms with van der Waals surface area (Å²) in [6.07, 6.45) is 4.26. The Morgan fingerprint density at radius 2 is 2.05 bits per heavy atom. The Morgan fingerprint density at radius 3 is 2.60 bits per heavy atom. The normalized spacial score (nSPS) is 26.4. The third kappa shape index (κ3) is 3.56. The van der Waals surface area contributed by atoms with Gasteiger partial charge in [-0.05, 0) is 56.3 Å². The highest BCUT2D eigenvalue weighted by Crippen LogP contribution is 2.38. The molecule has 0 aliphatic heterocycles. The van der Waals surface area contributed by atoms with Crippen molar-refractivity contribution in [2.24, 2.45) is 0 Å². The maximum atomic E-state index is 9.40. The molecule has 1 aliphatic carbocycles. The van der Waals surface area contributed by atoms with Crippen LogP contribution in [-0.2, 0) is 0 Å². The van der Waals surface area contributed by atoms with Crippen LogP contribution in [0, 0.1) is 11.3 Å². The number of hydrogen-bond acceptors (Lipinski definition) is 3. The Labute approximate surface area is 127 Å². The minimum atomic E-state index is -0.312. The summed E-state index contributed by atoms with van der Waals surface area (Å²) in [5.74, 6) is 0.583. The smallest absolute Gasteiger partial charge is 0.107 e. The summed E-state index contributed by atoms with van der Waals surface area (Å²) in [6, 6.07) is 11.4. The van der Waals surface area contributed by atoms with E-state index in [9.17, 15) is 5.26 Å². The molecule has 0 amide bonds. The summed E-state index contributed by atoms with van der Waals surface area (Å²) in [6.45, 7) is 4.44. The summed E-state index contributed by atoms with van der Waals surface area (Å²) in [5, 5.41) is 13.2. The van der Waals surface area contributed by atoms with Crippen LogP contribution in [0.1, 0.15) is 51.0 Å². The Balaban J connectivity index is 2.01. The van der Waals surface area contributed by atoms with Gasteiger partial charge in [-0.25, -0.2) is 0 Å². The van der Waals surface area contributed by atoms with Crippen molar-refractivity contribution in [1.82, 2.24) is 5.32 Å². The SMILES string of the molecule is CNC1(C#N)CCCC(Sc2ccc(C(C)C)cc2)C1. The molecule has 0 radical (unpaired) electrons. The molecule has 0 saturated heterocycles. The average molecular weight is 288 g/mol. The van der Waals surface area contributed by atoms with Crippen molar-refractivity contribution in [3.8, 4) is 6.07 Å². The Kier molecular flexibility index (Phi) is 5.12. The molecule has 1 aromatic carbocycles. The van der Waals surface area contributed by atoms with Crippen LogP contribution in [0.2, 0.25) is 0 Å². The molecule has 0 aromatic heterocycles. The van der Waals surface area contributed by atoms with Crippen LogP contribution in [-0.4, -0.2) is 17.8 Å². The van der Waals surface area contributed by atoms with Gasteiger partial charge >= 0.3 is 0 Å². The zero-order valence-corrected chi connectivity index (χ0v) is 13.5. The summed E-state index contributed by atoms with van der Waals surface area (Å²) in [7, 11) is 1.91. The van der Waals surface area contributed by atoms with Crippen molar-refractivity contribution in [2.45, 2.75) is 61.1 Å². The predicted octanol–water partition coefficient (Wildman–Crippen LogP) is 4.33. The number of nitrogens with one attached hydrogen (secondary N) is 1. The van der Waals surface area contributed by atoms with Gasteiger partial charge in [0.15, 0.2) is 0 Å². The average Bonchev–Trinajstić information content (AvgIpc) is 2.48. The Bertz CT molecular complexity index is 475. The van der Waals surface area contributed by atoms with Crippen LogP contribution in [0.15, 0.2) is 29.2 Å². The van der Waals surface area contributed by atoms with Gasteiger partial charge in [0.25, 0.3) is 0 Å². The number of nitrogens with zero attached hydrogens (tertiary/aromatic N) is 1. The molecular weight excluding hydrogens is 264 g/mol. The van der Waals surface area contributed by atoms with E-state index in [-0.39, 0.29) is 5.54 Å². The van der Waals surface area contributed by atoms with E-state index in [1.54, 1.807) is 0 Å². The largest absolute Gasteiger partial charge is 0.302 e. The number of rotatable bonds is 4. The van der Waals surface area contributed by atoms with Gasteiger partial charge < -0.3 is 5.32 Å². The predicted molar refractivity (Wildman–Crippen MR) is 86.0 cm³/mol. The fourth-order valence-corrected chi connectivity index (χ4v) is 4.16. The van der Waals surface area contributed by atoms with Crippen molar-refractivity contribution in [2.75, 3.05) is 7.05 Å². The maximum Gasteiger partial charge on any atom is 0.107 e. The highest BCUT2D eigenvalue weighted by Gasteiger charge is 2.35. The number of nitriles is 1. The van der Waals surface area contributed by atoms with Gasteiger partial charge in [-0.1, -0.05) is 26.0 Å². The van der Waals surface area contributed by atoms with Gasteiger partial charge in [0.2, 0.25) is 0 Å². The third-order valence-electron chi connectivity index (χ3n) is 4.25. The van der Waals surface area contributed by atoms with E-state index < -0.39 is 0 Å². The standard InChI is InChI=1S/C17H24N2S/c1-13(2)14-6-8-15(9-7-14)20-16-5-4-10-17(11-16,12-18)19-3/h6-9,13,16,19H,4-5,10-11H2,1-3H3. The second-order valence-corrected chi connectivity index (χ2v) is 7.38. The van der Waals surface area contributed by atoms with Gasteiger partial charge in [-0.3, -0.25) is 0 Å². The molecule has 0 heterocycles. The molecule has 2 rings (SSSR count). The Hall–Kier alpha value is -0.980. The van der Waals surface area contributed by atoms with Crippen LogP contribution in [0.3, 0.4) is 0 Å². The molecule has 1 aliphatic rings. The van der Waals surface area contributed by atoms with Crippen LogP contribution in [0.5, 0.6) is 0 Å². The topological polar surface area (TPSA) is 35.8 Å². The number of benzene rings is 1. The molecule has 2 nitrogen and oxygen atoms in total. The molecule has 1 N–H and O–H groups in total. The van der Waals surface area contributed by atoms with Crippen LogP contribution >= 0.6 is 11.8 Å². The van der Waals surface area contributed by atoms with Gasteiger partial charge in [0.05, 0.1) is 6.07 Å². The first kappa shape index (κ1) is 15.4. The van der Waals surface area contributed by atoms with Gasteiger partial charge in [0.1, 0.15) is 5.54 Å². The van der Waals surface area contributed by atoms with E-state index in [0.29, 0.717) is 11.2 Å². The summed E-state index contributed by atoms with van der Waals surface area (Å²) in [4.78, 5) is 1.32.